The summed E-state index contributed by atoms with van der Waals surface area (Å²) < 4.78 is 41.8. The lowest BCUT2D eigenvalue weighted by Crippen LogP contribution is -2.61. The second-order valence-corrected chi connectivity index (χ2v) is 4.70. The summed E-state index contributed by atoms with van der Waals surface area (Å²) in [5.41, 5.74) is 0.121. The van der Waals surface area contributed by atoms with Gasteiger partial charge in [-0.15, -0.1) is 0 Å². The molecule has 0 aromatic rings. The molecular formula is C11H17F3NO4+. The minimum absolute atomic E-state index is 0.121. The average Bonchev–Trinajstić information content (AvgIpc) is 2.12. The highest BCUT2D eigenvalue weighted by molar-refractivity contribution is 5.86. The van der Waals surface area contributed by atoms with Crippen molar-refractivity contribution in [1.82, 2.24) is 0 Å². The van der Waals surface area contributed by atoms with Gasteiger partial charge in [0.05, 0.1) is 14.1 Å². The van der Waals surface area contributed by atoms with Gasteiger partial charge in [-0.3, -0.25) is 0 Å². The normalized spacial score (nSPS) is 13.8. The van der Waals surface area contributed by atoms with E-state index >= 15 is 0 Å². The van der Waals surface area contributed by atoms with Gasteiger partial charge in [-0.2, -0.15) is 13.2 Å². The highest BCUT2D eigenvalue weighted by atomic mass is 19.4. The summed E-state index contributed by atoms with van der Waals surface area (Å²) in [6, 6.07) is -2.57. The molecule has 0 amide bonds. The standard InChI is InChI=1S/C11H16F3NO4/c1-7(2)10(18)19-6-5-15(3,4)8(9(16)17)11(12,13)14/h8H,1,5-6H2,2-4H3/p+1. The van der Waals surface area contributed by atoms with Crippen LogP contribution in [0.2, 0.25) is 0 Å². The zero-order valence-corrected chi connectivity index (χ0v) is 11.0. The number of ether oxygens (including phenoxy) is 1. The molecule has 0 heterocycles. The van der Waals surface area contributed by atoms with Gasteiger partial charge in [-0.05, 0) is 6.92 Å². The third kappa shape index (κ3) is 5.29. The summed E-state index contributed by atoms with van der Waals surface area (Å²) in [7, 11) is 2.22. The summed E-state index contributed by atoms with van der Waals surface area (Å²) in [5.74, 6) is -2.69. The van der Waals surface area contributed by atoms with Crippen LogP contribution in [0.3, 0.4) is 0 Å². The lowest BCUT2D eigenvalue weighted by molar-refractivity contribution is -0.917. The maximum Gasteiger partial charge on any atom is 0.453 e. The van der Waals surface area contributed by atoms with E-state index in [0.717, 1.165) is 14.1 Å². The van der Waals surface area contributed by atoms with Gasteiger partial charge in [-0.25, -0.2) is 9.59 Å². The van der Waals surface area contributed by atoms with Gasteiger partial charge in [0.25, 0.3) is 6.04 Å². The molecule has 1 atom stereocenters. The lowest BCUT2D eigenvalue weighted by atomic mass is 10.2. The molecule has 19 heavy (non-hydrogen) atoms. The number of alkyl halides is 3. The number of carbonyl (C=O) groups is 2. The van der Waals surface area contributed by atoms with E-state index in [-0.39, 0.29) is 18.7 Å². The summed E-state index contributed by atoms with van der Waals surface area (Å²) in [6.07, 6.45) is -4.88. The number of halogens is 3. The third-order valence-electron chi connectivity index (χ3n) is 2.49. The van der Waals surface area contributed by atoms with E-state index in [2.05, 4.69) is 11.3 Å². The third-order valence-corrected chi connectivity index (χ3v) is 2.49. The Kier molecular flexibility index (Phi) is 5.55. The van der Waals surface area contributed by atoms with E-state index in [0.29, 0.717) is 0 Å². The number of quaternary nitrogens is 1. The molecule has 0 aliphatic carbocycles. The molecule has 8 heteroatoms. The average molecular weight is 284 g/mol. The molecule has 0 aliphatic rings. The van der Waals surface area contributed by atoms with E-state index in [1.165, 1.54) is 6.92 Å². The molecule has 0 saturated carbocycles. The first kappa shape index (κ1) is 17.4. The number of carbonyl (C=O) groups excluding carboxylic acids is 1. The van der Waals surface area contributed by atoms with Crippen molar-refractivity contribution < 1.29 is 37.1 Å². The topological polar surface area (TPSA) is 63.6 Å². The first-order valence-electron chi connectivity index (χ1n) is 5.34. The lowest BCUT2D eigenvalue weighted by Gasteiger charge is -2.35. The van der Waals surface area contributed by atoms with E-state index in [4.69, 9.17) is 5.11 Å². The fourth-order valence-electron chi connectivity index (χ4n) is 1.46. The van der Waals surface area contributed by atoms with Gasteiger partial charge in [-0.1, -0.05) is 6.58 Å². The zero-order chi connectivity index (χ0) is 15.4. The van der Waals surface area contributed by atoms with E-state index < -0.39 is 28.6 Å². The van der Waals surface area contributed by atoms with Crippen LogP contribution in [0.4, 0.5) is 13.2 Å². The molecule has 110 valence electrons. The Bertz CT molecular complexity index is 377. The minimum Gasteiger partial charge on any atom is -0.477 e. The summed E-state index contributed by atoms with van der Waals surface area (Å²) in [5, 5.41) is 8.68. The first-order chi connectivity index (χ1) is 8.39. The van der Waals surface area contributed by atoms with Gasteiger partial charge < -0.3 is 14.3 Å². The van der Waals surface area contributed by atoms with Crippen molar-refractivity contribution in [3.8, 4) is 0 Å². The molecule has 0 bridgehead atoms. The van der Waals surface area contributed by atoms with E-state index in [1.54, 1.807) is 0 Å². The van der Waals surface area contributed by atoms with Crippen LogP contribution in [0.5, 0.6) is 0 Å². The van der Waals surface area contributed by atoms with Crippen LogP contribution in [-0.4, -0.2) is 61.0 Å². The van der Waals surface area contributed by atoms with Crippen molar-refractivity contribution in [1.29, 1.82) is 0 Å². The Labute approximate surface area is 108 Å². The molecule has 0 aromatic heterocycles. The molecule has 0 spiro atoms. The fraction of sp³-hybridized carbons (Fsp3) is 0.636. The van der Waals surface area contributed by atoms with Gasteiger partial charge in [0, 0.05) is 5.57 Å². The quantitative estimate of drug-likeness (QED) is 0.452. The van der Waals surface area contributed by atoms with E-state index in [1.807, 2.05) is 0 Å². The minimum atomic E-state index is -4.88. The maximum atomic E-state index is 12.7. The van der Waals surface area contributed by atoms with Gasteiger partial charge in [0.15, 0.2) is 0 Å². The predicted octanol–water partition coefficient (Wildman–Crippen LogP) is 1.20. The summed E-state index contributed by atoms with van der Waals surface area (Å²) >= 11 is 0. The van der Waals surface area contributed by atoms with Crippen LogP contribution in [0, 0.1) is 0 Å². The van der Waals surface area contributed by atoms with Crippen LogP contribution in [0.25, 0.3) is 0 Å². The van der Waals surface area contributed by atoms with Crippen LogP contribution >= 0.6 is 0 Å². The molecule has 0 fully saturated rings. The number of nitrogens with zero attached hydrogens (tertiary/aromatic N) is 1. The second kappa shape index (κ2) is 6.05. The molecular weight excluding hydrogens is 267 g/mol. The number of carboxylic acid groups (broad SMARTS) is 1. The first-order valence-corrected chi connectivity index (χ1v) is 5.34. The molecule has 1 N–H and O–H groups in total. The van der Waals surface area contributed by atoms with E-state index in [9.17, 15) is 22.8 Å². The van der Waals surface area contributed by atoms with Crippen LogP contribution in [0.1, 0.15) is 6.92 Å². The number of aliphatic carboxylic acids is 1. The Morgan fingerprint density at radius 3 is 2.16 bits per heavy atom. The molecule has 0 aliphatic heterocycles. The number of hydrogen-bond donors (Lipinski definition) is 1. The van der Waals surface area contributed by atoms with Crippen molar-refractivity contribution in [2.75, 3.05) is 27.2 Å². The molecule has 0 saturated heterocycles. The van der Waals surface area contributed by atoms with Gasteiger partial charge in [0.2, 0.25) is 0 Å². The van der Waals surface area contributed by atoms with Crippen molar-refractivity contribution in [2.24, 2.45) is 0 Å². The van der Waals surface area contributed by atoms with Crippen LogP contribution < -0.4 is 0 Å². The Morgan fingerprint density at radius 2 is 1.84 bits per heavy atom. The maximum absolute atomic E-state index is 12.7. The Balaban J connectivity index is 4.72. The number of likely N-dealkylation sites (N-methyl/N-ethyl adjacent to an activating group) is 1. The number of hydrogen-bond acceptors (Lipinski definition) is 3. The largest absolute Gasteiger partial charge is 0.477 e. The monoisotopic (exact) mass is 284 g/mol. The fourth-order valence-corrected chi connectivity index (χ4v) is 1.46. The smallest absolute Gasteiger partial charge is 0.453 e. The van der Waals surface area contributed by atoms with Crippen molar-refractivity contribution in [3.63, 3.8) is 0 Å². The molecule has 0 aromatic carbocycles. The zero-order valence-electron chi connectivity index (χ0n) is 11.0. The van der Waals surface area contributed by atoms with Crippen LogP contribution in [0.15, 0.2) is 12.2 Å². The molecule has 0 radical (unpaired) electrons. The summed E-state index contributed by atoms with van der Waals surface area (Å²) in [6.45, 7) is 4.12. The SMILES string of the molecule is C=C(C)C(=O)OCC[N+](C)(C)C(C(=O)O)C(F)(F)F. The molecule has 5 nitrogen and oxygen atoms in total. The number of esters is 1. The van der Waals surface area contributed by atoms with Crippen molar-refractivity contribution in [3.05, 3.63) is 12.2 Å². The van der Waals surface area contributed by atoms with Gasteiger partial charge in [0.1, 0.15) is 13.2 Å². The summed E-state index contributed by atoms with van der Waals surface area (Å²) in [4.78, 5) is 21.8. The number of carboxylic acids is 1. The second-order valence-electron chi connectivity index (χ2n) is 4.70. The van der Waals surface area contributed by atoms with Crippen LogP contribution in [-0.2, 0) is 14.3 Å². The number of rotatable bonds is 6. The predicted molar refractivity (Wildman–Crippen MR) is 60.2 cm³/mol. The molecule has 0 rings (SSSR count). The van der Waals surface area contributed by atoms with Gasteiger partial charge >= 0.3 is 18.1 Å². The van der Waals surface area contributed by atoms with Crippen molar-refractivity contribution >= 4 is 11.9 Å². The highest BCUT2D eigenvalue weighted by Gasteiger charge is 2.55. The van der Waals surface area contributed by atoms with Crippen molar-refractivity contribution in [2.45, 2.75) is 19.1 Å². The highest BCUT2D eigenvalue weighted by Crippen LogP contribution is 2.27. The Morgan fingerprint density at radius 1 is 1.37 bits per heavy atom. The Hall–Kier alpha value is -1.57. The molecule has 1 unspecified atom stereocenters.